The number of thiazole rings is 1. The second-order valence-electron chi connectivity index (χ2n) is 11.4. The highest BCUT2D eigenvalue weighted by Crippen LogP contribution is 2.40. The molecule has 3 aromatic heterocycles. The Balaban J connectivity index is 1.07. The van der Waals surface area contributed by atoms with Crippen LogP contribution in [0.4, 0.5) is 20.5 Å². The van der Waals surface area contributed by atoms with Gasteiger partial charge in [0.05, 0.1) is 25.3 Å². The largest absolute Gasteiger partial charge is 0.346 e. The number of likely N-dealkylation sites (tertiary alicyclic amines) is 2. The van der Waals surface area contributed by atoms with Gasteiger partial charge in [0, 0.05) is 38.8 Å². The molecular weight excluding hydrogens is 588 g/mol. The number of rotatable bonds is 7. The standard InChI is InChI=1S/C29H29FN10OS2/c1-4-22-26(36(3)27-34-25(23(9-31)42-27)17-5-7-20(30)8-6-17)40-28(33-22)43-29(35-40)39-12-18-10-37(11-19(18)13-39)16-24(41)38-14-21(15-38)32-2/h5-8,18-19,21H,4,10-16H2,1,3H3. The van der Waals surface area contributed by atoms with E-state index in [1.807, 2.05) is 16.5 Å². The van der Waals surface area contributed by atoms with Gasteiger partial charge in [-0.3, -0.25) is 9.69 Å². The molecule has 0 spiro atoms. The first kappa shape index (κ1) is 27.7. The van der Waals surface area contributed by atoms with E-state index in [9.17, 15) is 14.4 Å². The van der Waals surface area contributed by atoms with E-state index in [1.165, 1.54) is 23.5 Å². The van der Waals surface area contributed by atoms with Gasteiger partial charge in [-0.05, 0) is 42.5 Å². The maximum absolute atomic E-state index is 13.5. The van der Waals surface area contributed by atoms with Crippen molar-refractivity contribution in [1.82, 2.24) is 29.4 Å². The van der Waals surface area contributed by atoms with Crippen LogP contribution in [0.1, 0.15) is 17.5 Å². The quantitative estimate of drug-likeness (QED) is 0.290. The summed E-state index contributed by atoms with van der Waals surface area (Å²) in [5.41, 5.74) is 2.12. The number of hydrogen-bond donors (Lipinski definition) is 0. The Hall–Kier alpha value is -4.11. The van der Waals surface area contributed by atoms with Crippen molar-refractivity contribution in [2.75, 3.05) is 62.7 Å². The summed E-state index contributed by atoms with van der Waals surface area (Å²) in [5, 5.41) is 16.4. The normalized spacial score (nSPS) is 20.3. The van der Waals surface area contributed by atoms with E-state index in [0.29, 0.717) is 59.2 Å². The van der Waals surface area contributed by atoms with Crippen LogP contribution < -0.4 is 9.80 Å². The molecule has 1 aromatic carbocycles. The van der Waals surface area contributed by atoms with Crippen LogP contribution in [0.5, 0.6) is 0 Å². The molecule has 3 fully saturated rings. The molecule has 43 heavy (non-hydrogen) atoms. The third-order valence-electron chi connectivity index (χ3n) is 8.60. The van der Waals surface area contributed by atoms with Crippen molar-refractivity contribution in [2.45, 2.75) is 19.4 Å². The monoisotopic (exact) mass is 616 g/mol. The lowest BCUT2D eigenvalue weighted by molar-refractivity contribution is -0.135. The Kier molecular flexibility index (Phi) is 7.00. The van der Waals surface area contributed by atoms with Crippen molar-refractivity contribution in [2.24, 2.45) is 11.8 Å². The Morgan fingerprint density at radius 2 is 1.86 bits per heavy atom. The van der Waals surface area contributed by atoms with Crippen molar-refractivity contribution in [3.05, 3.63) is 52.1 Å². The molecule has 3 saturated heterocycles. The first-order chi connectivity index (χ1) is 20.8. The van der Waals surface area contributed by atoms with Gasteiger partial charge in [-0.15, -0.1) is 5.10 Å². The lowest BCUT2D eigenvalue weighted by Crippen LogP contribution is -2.54. The van der Waals surface area contributed by atoms with Gasteiger partial charge in [-0.25, -0.2) is 20.9 Å². The molecule has 220 valence electrons. The van der Waals surface area contributed by atoms with Crippen LogP contribution in [-0.4, -0.2) is 94.2 Å². The molecule has 1 amide bonds. The number of nitrogens with zero attached hydrogens (tertiary/aromatic N) is 10. The molecular formula is C29H29FN10OS2. The molecule has 2 atom stereocenters. The minimum atomic E-state index is -0.337. The summed E-state index contributed by atoms with van der Waals surface area (Å²) in [5.74, 6) is 1.58. The van der Waals surface area contributed by atoms with Gasteiger partial charge < -0.3 is 19.5 Å². The van der Waals surface area contributed by atoms with Crippen molar-refractivity contribution in [3.63, 3.8) is 0 Å². The summed E-state index contributed by atoms with van der Waals surface area (Å²) in [4.78, 5) is 35.4. The van der Waals surface area contributed by atoms with Crippen LogP contribution >= 0.6 is 22.7 Å². The van der Waals surface area contributed by atoms with Crippen molar-refractivity contribution in [3.8, 4) is 17.3 Å². The number of nitriles is 1. The van der Waals surface area contributed by atoms with Crippen LogP contribution in [0.25, 0.3) is 21.1 Å². The van der Waals surface area contributed by atoms with E-state index in [2.05, 4.69) is 27.6 Å². The lowest BCUT2D eigenvalue weighted by Gasteiger charge is -2.33. The summed E-state index contributed by atoms with van der Waals surface area (Å²) in [6, 6.07) is 8.23. The molecule has 0 N–H and O–H groups in total. The third-order valence-corrected chi connectivity index (χ3v) is 10.6. The number of benzene rings is 1. The van der Waals surface area contributed by atoms with Crippen molar-refractivity contribution >= 4 is 49.6 Å². The predicted molar refractivity (Wildman–Crippen MR) is 163 cm³/mol. The van der Waals surface area contributed by atoms with Crippen LogP contribution in [0.15, 0.2) is 24.3 Å². The average Bonchev–Trinajstić information content (AvgIpc) is 3.77. The van der Waals surface area contributed by atoms with Crippen LogP contribution in [0.2, 0.25) is 0 Å². The first-order valence-corrected chi connectivity index (χ1v) is 15.9. The van der Waals surface area contributed by atoms with Gasteiger partial charge >= 0.3 is 0 Å². The van der Waals surface area contributed by atoms with E-state index in [4.69, 9.17) is 21.6 Å². The van der Waals surface area contributed by atoms with Crippen molar-refractivity contribution in [1.29, 1.82) is 5.26 Å². The minimum absolute atomic E-state index is 0.0287. The average molecular weight is 617 g/mol. The van der Waals surface area contributed by atoms with Gasteiger partial charge in [0.1, 0.15) is 22.5 Å². The van der Waals surface area contributed by atoms with E-state index in [1.54, 1.807) is 28.4 Å². The maximum Gasteiger partial charge on any atom is 0.258 e. The summed E-state index contributed by atoms with van der Waals surface area (Å²) in [6.07, 6.45) is 0.713. The van der Waals surface area contributed by atoms with Gasteiger partial charge in [-0.1, -0.05) is 29.6 Å². The number of fused-ring (bicyclic) bond motifs is 2. The number of amides is 1. The Morgan fingerprint density at radius 3 is 2.51 bits per heavy atom. The highest BCUT2D eigenvalue weighted by molar-refractivity contribution is 7.20. The number of imidazole rings is 1. The summed E-state index contributed by atoms with van der Waals surface area (Å²) < 4.78 is 15.4. The number of halogens is 1. The highest BCUT2D eigenvalue weighted by Gasteiger charge is 2.43. The maximum atomic E-state index is 13.5. The molecule has 0 aliphatic carbocycles. The van der Waals surface area contributed by atoms with E-state index >= 15 is 0 Å². The predicted octanol–water partition coefficient (Wildman–Crippen LogP) is 3.75. The molecule has 0 bridgehead atoms. The number of aryl methyl sites for hydroxylation is 1. The molecule has 3 aliphatic rings. The number of hydrogen-bond acceptors (Lipinski definition) is 10. The number of aromatic nitrogens is 4. The molecule has 3 aliphatic heterocycles. The third kappa shape index (κ3) is 4.89. The van der Waals surface area contributed by atoms with Gasteiger partial charge in [-0.2, -0.15) is 9.78 Å². The molecule has 0 radical (unpaired) electrons. The van der Waals surface area contributed by atoms with Crippen LogP contribution in [0.3, 0.4) is 0 Å². The van der Waals surface area contributed by atoms with Crippen molar-refractivity contribution < 1.29 is 9.18 Å². The zero-order valence-corrected chi connectivity index (χ0v) is 25.4. The minimum Gasteiger partial charge on any atom is -0.346 e. The van der Waals surface area contributed by atoms with Gasteiger partial charge in [0.15, 0.2) is 10.9 Å². The molecule has 6 heterocycles. The summed E-state index contributed by atoms with van der Waals surface area (Å²) in [6.45, 7) is 14.3. The fourth-order valence-electron chi connectivity index (χ4n) is 6.30. The zero-order valence-electron chi connectivity index (χ0n) is 23.8. The Labute approximate surface area is 256 Å². The Bertz CT molecular complexity index is 1760. The highest BCUT2D eigenvalue weighted by atomic mass is 32.1. The summed E-state index contributed by atoms with van der Waals surface area (Å²) >= 11 is 2.86. The van der Waals surface area contributed by atoms with Gasteiger partial charge in [0.2, 0.25) is 16.0 Å². The van der Waals surface area contributed by atoms with E-state index in [-0.39, 0.29) is 17.8 Å². The lowest BCUT2D eigenvalue weighted by atomic mass is 10.0. The molecule has 0 saturated carbocycles. The molecule has 7 rings (SSSR count). The number of anilines is 3. The molecule has 14 heteroatoms. The van der Waals surface area contributed by atoms with Crippen LogP contribution in [-0.2, 0) is 11.2 Å². The van der Waals surface area contributed by atoms with E-state index in [0.717, 1.165) is 47.8 Å². The Morgan fingerprint density at radius 1 is 1.14 bits per heavy atom. The second-order valence-corrected chi connectivity index (χ2v) is 13.3. The van der Waals surface area contributed by atoms with Crippen LogP contribution in [0, 0.1) is 35.6 Å². The fraction of sp³-hybridized carbons (Fsp3) is 0.448. The van der Waals surface area contributed by atoms with Gasteiger partial charge in [0.25, 0.3) is 6.04 Å². The SMILES string of the molecule is [C-]#[N+]C1CN(C(=O)CN2CC3CN(c4nn5c(N(C)c6nc(-c7ccc(F)cc7)c(C#N)s6)c(CC)nc5s4)CC3C2)C1. The smallest absolute Gasteiger partial charge is 0.258 e. The summed E-state index contributed by atoms with van der Waals surface area (Å²) in [7, 11) is 1.91. The second kappa shape index (κ2) is 10.9. The molecule has 11 nitrogen and oxygen atoms in total. The molecule has 4 aromatic rings. The number of carbonyl (C=O) groups excluding carboxylic acids is 1. The van der Waals surface area contributed by atoms with E-state index < -0.39 is 0 Å². The molecule has 2 unspecified atom stereocenters. The number of carbonyl (C=O) groups is 1. The fourth-order valence-corrected chi connectivity index (χ4v) is 8.08. The zero-order chi connectivity index (χ0) is 29.8. The first-order valence-electron chi connectivity index (χ1n) is 14.3. The topological polar surface area (TPSA) is 101 Å².